The highest BCUT2D eigenvalue weighted by molar-refractivity contribution is 7.97. The summed E-state index contributed by atoms with van der Waals surface area (Å²) in [7, 11) is -2.32. The second kappa shape index (κ2) is 10.5. The third-order valence-corrected chi connectivity index (χ3v) is 7.21. The second-order valence-electron chi connectivity index (χ2n) is 7.03. The van der Waals surface area contributed by atoms with Gasteiger partial charge < -0.3 is 9.62 Å². The summed E-state index contributed by atoms with van der Waals surface area (Å²) in [5.74, 6) is -0.327. The van der Waals surface area contributed by atoms with Gasteiger partial charge in [-0.3, -0.25) is 18.8 Å². The van der Waals surface area contributed by atoms with Gasteiger partial charge in [0.15, 0.2) is 0 Å². The van der Waals surface area contributed by atoms with Crippen LogP contribution in [0.2, 0.25) is 5.02 Å². The monoisotopic (exact) mass is 525 g/mol. The van der Waals surface area contributed by atoms with Gasteiger partial charge in [-0.05, 0) is 42.5 Å². The van der Waals surface area contributed by atoms with Crippen molar-refractivity contribution in [2.75, 3.05) is 18.3 Å². The highest BCUT2D eigenvalue weighted by Crippen LogP contribution is 2.34. The first-order chi connectivity index (χ1) is 15.3. The Morgan fingerprint density at radius 1 is 1.30 bits per heavy atom. The summed E-state index contributed by atoms with van der Waals surface area (Å²) in [6.45, 7) is 0.422. The normalized spacial score (nSPS) is 14.4. The fraction of sp³-hybridized carbons (Fsp3) is 0.143. The van der Waals surface area contributed by atoms with Gasteiger partial charge in [-0.1, -0.05) is 17.7 Å². The number of nitrogens with zero attached hydrogens (tertiary/aromatic N) is 3. The lowest BCUT2D eigenvalue weighted by molar-refractivity contribution is 0.0797. The summed E-state index contributed by atoms with van der Waals surface area (Å²) in [6.07, 6.45) is 8.78. The van der Waals surface area contributed by atoms with Crippen molar-refractivity contribution in [1.82, 2.24) is 18.9 Å². The molecule has 0 bridgehead atoms. The largest absolute Gasteiger partial charge is 0.341 e. The van der Waals surface area contributed by atoms with E-state index in [9.17, 15) is 13.2 Å². The van der Waals surface area contributed by atoms with E-state index in [0.29, 0.717) is 23.7 Å². The molecule has 0 unspecified atom stereocenters. The maximum atomic E-state index is 13.2. The number of rotatable bonds is 7. The fourth-order valence-electron chi connectivity index (χ4n) is 3.19. The molecule has 8 nitrogen and oxygen atoms in total. The number of aromatic nitrogens is 1. The molecule has 0 saturated heterocycles. The summed E-state index contributed by atoms with van der Waals surface area (Å²) in [6, 6.07) is 10.1. The molecule has 1 aromatic carbocycles. The summed E-state index contributed by atoms with van der Waals surface area (Å²) in [5, 5.41) is 0.312. The molecule has 0 saturated carbocycles. The predicted molar refractivity (Wildman–Crippen MR) is 134 cm³/mol. The average Bonchev–Trinajstić information content (AvgIpc) is 3.26. The molecule has 2 aromatic rings. The zero-order chi connectivity index (χ0) is 22.7. The number of anilines is 1. The van der Waals surface area contributed by atoms with Crippen LogP contribution < -0.4 is 9.44 Å². The number of carbonyl (C=O) groups is 1. The zero-order valence-electron chi connectivity index (χ0n) is 17.4. The van der Waals surface area contributed by atoms with Gasteiger partial charge in [-0.2, -0.15) is 0 Å². The standard InChI is InChI=1S/C21H20ClN5O3S2.ClH/c1-26(12-9-16-5-2-3-10-23-16)21(28)17-8-7-15(22)13-18(17)25-32(29,30)20-6-4-11-27-19(20)14-24-31-27;/h2-8,10-11,13-14,24-25H,9,12H2,1H3;1H. The molecule has 3 heterocycles. The molecule has 0 atom stereocenters. The number of halogens is 2. The smallest absolute Gasteiger partial charge is 0.264 e. The van der Waals surface area contributed by atoms with Gasteiger partial charge >= 0.3 is 0 Å². The quantitative estimate of drug-likeness (QED) is 0.528. The number of carbonyl (C=O) groups excluding carboxylic acids is 1. The van der Waals surface area contributed by atoms with Crippen LogP contribution in [0.4, 0.5) is 5.69 Å². The van der Waals surface area contributed by atoms with Crippen LogP contribution >= 0.6 is 36.1 Å². The van der Waals surface area contributed by atoms with Crippen LogP contribution in [0.3, 0.4) is 0 Å². The molecule has 12 heteroatoms. The first-order valence-corrected chi connectivity index (χ1v) is 12.3. The highest BCUT2D eigenvalue weighted by Gasteiger charge is 2.30. The van der Waals surface area contributed by atoms with Crippen LogP contribution in [0, 0.1) is 0 Å². The Hall–Kier alpha value is -2.66. The van der Waals surface area contributed by atoms with Crippen LogP contribution in [-0.2, 0) is 16.4 Å². The number of fused-ring (bicyclic) bond motifs is 1. The Morgan fingerprint density at radius 3 is 2.88 bits per heavy atom. The van der Waals surface area contributed by atoms with Crippen molar-refractivity contribution in [2.24, 2.45) is 0 Å². The average molecular weight is 526 g/mol. The molecular weight excluding hydrogens is 505 g/mol. The van der Waals surface area contributed by atoms with E-state index in [-0.39, 0.29) is 34.5 Å². The lowest BCUT2D eigenvalue weighted by Crippen LogP contribution is -2.30. The zero-order valence-corrected chi connectivity index (χ0v) is 20.6. The van der Waals surface area contributed by atoms with E-state index in [1.807, 2.05) is 18.2 Å². The molecule has 33 heavy (non-hydrogen) atoms. The molecule has 1 aromatic heterocycles. The van der Waals surface area contributed by atoms with Gasteiger partial charge in [-0.25, -0.2) is 8.42 Å². The Kier molecular flexibility index (Phi) is 7.96. The molecule has 0 radical (unpaired) electrons. The number of hydrogen-bond acceptors (Lipinski definition) is 7. The van der Waals surface area contributed by atoms with Crippen LogP contribution in [0.5, 0.6) is 0 Å². The molecule has 0 spiro atoms. The first-order valence-electron chi connectivity index (χ1n) is 9.64. The van der Waals surface area contributed by atoms with E-state index < -0.39 is 10.0 Å². The van der Waals surface area contributed by atoms with Gasteiger partial charge in [-0.15, -0.1) is 12.4 Å². The summed E-state index contributed by atoms with van der Waals surface area (Å²) in [5.41, 5.74) is 1.68. The SMILES string of the molecule is CN(CCc1ccccn1)C(=O)c1ccc(Cl)cc1NS(=O)(=O)C1=CC=CN2SNC=C12.Cl. The summed E-state index contributed by atoms with van der Waals surface area (Å²) in [4.78, 5) is 19.0. The highest BCUT2D eigenvalue weighted by atomic mass is 35.5. The van der Waals surface area contributed by atoms with Crippen molar-refractivity contribution in [2.45, 2.75) is 6.42 Å². The van der Waals surface area contributed by atoms with Crippen molar-refractivity contribution < 1.29 is 13.2 Å². The molecule has 174 valence electrons. The maximum absolute atomic E-state index is 13.2. The molecular formula is C21H21Cl2N5O3S2. The van der Waals surface area contributed by atoms with Crippen LogP contribution in [0.25, 0.3) is 0 Å². The number of pyridine rings is 1. The van der Waals surface area contributed by atoms with Crippen LogP contribution in [0.1, 0.15) is 16.1 Å². The minimum Gasteiger partial charge on any atom is -0.341 e. The maximum Gasteiger partial charge on any atom is 0.264 e. The van der Waals surface area contributed by atoms with Crippen LogP contribution in [-0.4, -0.2) is 42.1 Å². The Labute approximate surface area is 208 Å². The molecule has 0 aliphatic carbocycles. The lowest BCUT2D eigenvalue weighted by atomic mass is 10.1. The molecule has 2 N–H and O–H groups in total. The van der Waals surface area contributed by atoms with Gasteiger partial charge in [0.1, 0.15) is 4.91 Å². The van der Waals surface area contributed by atoms with E-state index in [1.54, 1.807) is 42.1 Å². The van der Waals surface area contributed by atoms with Gasteiger partial charge in [0.25, 0.3) is 15.9 Å². The van der Waals surface area contributed by atoms with Gasteiger partial charge in [0, 0.05) is 49.3 Å². The number of hydrogen-bond donors (Lipinski definition) is 2. The van der Waals surface area contributed by atoms with Crippen molar-refractivity contribution in [3.63, 3.8) is 0 Å². The van der Waals surface area contributed by atoms with Crippen molar-refractivity contribution >= 4 is 57.8 Å². The second-order valence-corrected chi connectivity index (χ2v) is 9.93. The van der Waals surface area contributed by atoms with Crippen molar-refractivity contribution in [1.29, 1.82) is 0 Å². The molecule has 4 rings (SSSR count). The van der Waals surface area contributed by atoms with Crippen molar-refractivity contribution in [3.05, 3.63) is 94.0 Å². The molecule has 1 amide bonds. The number of allylic oxidation sites excluding steroid dienone is 2. The summed E-state index contributed by atoms with van der Waals surface area (Å²) >= 11 is 7.37. The fourth-order valence-corrected chi connectivity index (χ4v) is 5.33. The van der Waals surface area contributed by atoms with E-state index in [4.69, 9.17) is 11.6 Å². The molecule has 0 fully saturated rings. The summed E-state index contributed by atoms with van der Waals surface area (Å²) < 4.78 is 33.5. The van der Waals surface area contributed by atoms with E-state index in [0.717, 1.165) is 5.69 Å². The first kappa shape index (κ1) is 25.0. The third-order valence-electron chi connectivity index (χ3n) is 4.83. The number of likely N-dealkylation sites (N-methyl/N-ethyl adjacent to an activating group) is 1. The Morgan fingerprint density at radius 2 is 2.12 bits per heavy atom. The van der Waals surface area contributed by atoms with Crippen molar-refractivity contribution in [3.8, 4) is 0 Å². The number of sulfonamides is 1. The topological polar surface area (TPSA) is 94.6 Å². The third kappa shape index (κ3) is 5.64. The lowest BCUT2D eigenvalue weighted by Gasteiger charge is -2.22. The number of nitrogens with one attached hydrogen (secondary N) is 2. The van der Waals surface area contributed by atoms with Gasteiger partial charge in [0.2, 0.25) is 0 Å². The van der Waals surface area contributed by atoms with E-state index in [1.165, 1.54) is 35.2 Å². The minimum atomic E-state index is -3.99. The van der Waals surface area contributed by atoms with Gasteiger partial charge in [0.05, 0.1) is 29.1 Å². The number of benzene rings is 1. The Balaban J connectivity index is 0.00000306. The molecule has 2 aliphatic rings. The van der Waals surface area contributed by atoms with Crippen LogP contribution in [0.15, 0.2) is 77.7 Å². The number of amides is 1. The molecule has 2 aliphatic heterocycles. The predicted octanol–water partition coefficient (Wildman–Crippen LogP) is 3.93. The Bertz CT molecular complexity index is 1230. The minimum absolute atomic E-state index is 0. The van der Waals surface area contributed by atoms with E-state index in [2.05, 4.69) is 14.4 Å². The van der Waals surface area contributed by atoms with E-state index >= 15 is 0 Å².